The maximum Gasteiger partial charge on any atom is 0.283 e. The number of nitrogens with one attached hydrogen (secondary N) is 1. The Labute approximate surface area is 208 Å². The van der Waals surface area contributed by atoms with Crippen molar-refractivity contribution in [2.45, 2.75) is 20.3 Å². The third kappa shape index (κ3) is 5.63. The van der Waals surface area contributed by atoms with E-state index < -0.39 is 15.7 Å². The third-order valence-electron chi connectivity index (χ3n) is 5.18. The zero-order valence-electron chi connectivity index (χ0n) is 19.2. The number of ether oxygens (including phenoxy) is 2. The molecule has 0 spiro atoms. The molecule has 2 aromatic rings. The van der Waals surface area contributed by atoms with Gasteiger partial charge in [0.25, 0.3) is 5.91 Å². The van der Waals surface area contributed by atoms with Gasteiger partial charge in [-0.1, -0.05) is 37.3 Å². The number of amides is 1. The van der Waals surface area contributed by atoms with Crippen molar-refractivity contribution >= 4 is 49.0 Å². The summed E-state index contributed by atoms with van der Waals surface area (Å²) in [5, 5.41) is 13.5. The summed E-state index contributed by atoms with van der Waals surface area (Å²) in [4.78, 5) is 16.4. The largest absolute Gasteiger partial charge is 0.493 e. The van der Waals surface area contributed by atoms with Crippen LogP contribution in [0.15, 0.2) is 64.2 Å². The summed E-state index contributed by atoms with van der Waals surface area (Å²) < 4.78 is 35.6. The van der Waals surface area contributed by atoms with E-state index >= 15 is 0 Å². The minimum Gasteiger partial charge on any atom is -0.493 e. The topological polar surface area (TPSA) is 121 Å². The average Bonchev–Trinajstić information content (AvgIpc) is 3.28. The fourth-order valence-electron chi connectivity index (χ4n) is 3.20. The van der Waals surface area contributed by atoms with Gasteiger partial charge in [0.15, 0.2) is 5.84 Å². The number of rotatable bonds is 8. The molecular weight excluding hydrogens is 488 g/mol. The highest BCUT2D eigenvalue weighted by molar-refractivity contribution is 8.42. The number of aliphatic imine (C=N–C) groups is 1. The van der Waals surface area contributed by atoms with Crippen molar-refractivity contribution in [2.24, 2.45) is 10.1 Å². The maximum atomic E-state index is 12.5. The van der Waals surface area contributed by atoms with Crippen LogP contribution in [0.25, 0.3) is 6.08 Å². The lowest BCUT2D eigenvalue weighted by atomic mass is 10.1. The summed E-state index contributed by atoms with van der Waals surface area (Å²) in [5.74, 6) is 0.572. The minimum absolute atomic E-state index is 0.0234. The molecule has 0 radical (unpaired) electrons. The molecule has 182 valence electrons. The number of hydrazone groups is 1. The molecule has 0 fully saturated rings. The van der Waals surface area contributed by atoms with E-state index in [1.165, 1.54) is 13.0 Å². The Hall–Kier alpha value is -3.44. The number of carbonyl (C=O) groups excluding carboxylic acids is 1. The van der Waals surface area contributed by atoms with E-state index in [1.807, 2.05) is 31.2 Å². The van der Waals surface area contributed by atoms with Crippen LogP contribution in [0.3, 0.4) is 0 Å². The molecular formula is C24H24N4O5S2. The third-order valence-corrected chi connectivity index (χ3v) is 8.27. The molecule has 35 heavy (non-hydrogen) atoms. The average molecular weight is 513 g/mol. The highest BCUT2D eigenvalue weighted by Crippen LogP contribution is 2.30. The summed E-state index contributed by atoms with van der Waals surface area (Å²) in [6, 6.07) is 14.9. The molecule has 1 amide bonds. The van der Waals surface area contributed by atoms with Gasteiger partial charge in [-0.3, -0.25) is 10.2 Å². The van der Waals surface area contributed by atoms with Crippen LogP contribution in [0, 0.1) is 12.3 Å². The van der Waals surface area contributed by atoms with Crippen molar-refractivity contribution in [3.63, 3.8) is 0 Å². The molecule has 0 atom stereocenters. The van der Waals surface area contributed by atoms with E-state index in [0.29, 0.717) is 24.5 Å². The first kappa shape index (κ1) is 24.7. The molecule has 4 rings (SSSR count). The number of hydrogen-bond donors (Lipinski definition) is 1. The second kappa shape index (κ2) is 10.4. The number of para-hydroxylation sites is 1. The number of fused-ring (bicyclic) bond motifs is 1. The van der Waals surface area contributed by atoms with Gasteiger partial charge in [0.05, 0.1) is 24.5 Å². The van der Waals surface area contributed by atoms with Gasteiger partial charge in [-0.05, 0) is 54.1 Å². The quantitative estimate of drug-likeness (QED) is 0.421. The predicted octanol–water partition coefficient (Wildman–Crippen LogP) is 3.85. The second-order valence-electron chi connectivity index (χ2n) is 7.67. The Morgan fingerprint density at radius 3 is 2.51 bits per heavy atom. The summed E-state index contributed by atoms with van der Waals surface area (Å²) in [5.41, 5.74) is 1.78. The van der Waals surface area contributed by atoms with E-state index in [2.05, 4.69) is 10.1 Å². The molecule has 0 saturated carbocycles. The van der Waals surface area contributed by atoms with E-state index in [9.17, 15) is 13.2 Å². The highest BCUT2D eigenvalue weighted by Gasteiger charge is 2.39. The fourth-order valence-corrected chi connectivity index (χ4v) is 5.36. The number of sulfone groups is 1. The van der Waals surface area contributed by atoms with Crippen molar-refractivity contribution < 1.29 is 22.7 Å². The predicted molar refractivity (Wildman–Crippen MR) is 138 cm³/mol. The minimum atomic E-state index is -3.56. The molecule has 2 heterocycles. The second-order valence-corrected chi connectivity index (χ2v) is 11.1. The highest BCUT2D eigenvalue weighted by atomic mass is 32.3. The molecule has 0 aromatic heterocycles. The fraction of sp³-hybridized carbons (Fsp3) is 0.250. The lowest BCUT2D eigenvalue weighted by Crippen LogP contribution is -2.35. The van der Waals surface area contributed by atoms with Crippen LogP contribution in [0.5, 0.6) is 11.5 Å². The monoisotopic (exact) mass is 512 g/mol. The normalized spacial score (nSPS) is 16.7. The summed E-state index contributed by atoms with van der Waals surface area (Å²) in [6.07, 6.45) is 2.24. The number of carbonyl (C=O) groups is 1. The van der Waals surface area contributed by atoms with E-state index in [4.69, 9.17) is 14.9 Å². The SMILES string of the molecule is CCS(=O)(=O)C1=NN2C(=N)/C(=C/c3ccc(OCCCOc4ccccc4C)cc3)C(=O)N=C2S1. The van der Waals surface area contributed by atoms with Crippen LogP contribution >= 0.6 is 11.8 Å². The van der Waals surface area contributed by atoms with Gasteiger partial charge in [-0.25, -0.2) is 8.42 Å². The molecule has 2 aliphatic rings. The van der Waals surface area contributed by atoms with Crippen LogP contribution < -0.4 is 9.47 Å². The molecule has 0 unspecified atom stereocenters. The number of nitrogens with zero attached hydrogens (tertiary/aromatic N) is 3. The number of aryl methyl sites for hydroxylation is 1. The van der Waals surface area contributed by atoms with Crippen molar-refractivity contribution in [3.05, 3.63) is 65.2 Å². The van der Waals surface area contributed by atoms with Gasteiger partial charge in [0.2, 0.25) is 19.4 Å². The van der Waals surface area contributed by atoms with Crippen LogP contribution in [-0.2, 0) is 14.6 Å². The molecule has 0 bridgehead atoms. The number of thioether (sulfide) groups is 1. The first-order valence-corrected chi connectivity index (χ1v) is 13.4. The molecule has 2 aliphatic heterocycles. The molecule has 11 heteroatoms. The van der Waals surface area contributed by atoms with Crippen molar-refractivity contribution in [2.75, 3.05) is 19.0 Å². The maximum absolute atomic E-state index is 12.5. The Balaban J connectivity index is 1.35. The molecule has 0 aliphatic carbocycles. The lowest BCUT2D eigenvalue weighted by molar-refractivity contribution is -0.114. The lowest BCUT2D eigenvalue weighted by Gasteiger charge is -2.20. The van der Waals surface area contributed by atoms with Crippen LogP contribution in [-0.4, -0.2) is 53.7 Å². The molecule has 0 saturated heterocycles. The Bertz CT molecular complexity index is 1350. The van der Waals surface area contributed by atoms with E-state index in [0.717, 1.165) is 34.5 Å². The van der Waals surface area contributed by atoms with Crippen molar-refractivity contribution in [1.82, 2.24) is 5.01 Å². The Kier molecular flexibility index (Phi) is 7.37. The van der Waals surface area contributed by atoms with Crippen LogP contribution in [0.4, 0.5) is 0 Å². The number of benzene rings is 2. The summed E-state index contributed by atoms with van der Waals surface area (Å²) >= 11 is 0.778. The Morgan fingerprint density at radius 2 is 1.80 bits per heavy atom. The molecule has 1 N–H and O–H groups in total. The van der Waals surface area contributed by atoms with Crippen molar-refractivity contribution in [1.29, 1.82) is 5.41 Å². The van der Waals surface area contributed by atoms with E-state index in [-0.39, 0.29) is 26.7 Å². The molecule has 9 nitrogen and oxygen atoms in total. The van der Waals surface area contributed by atoms with E-state index in [1.54, 1.807) is 24.3 Å². The standard InChI is InChI=1S/C24H24N4O5S2/c1-3-35(30,31)24-27-28-21(25)19(22(29)26-23(28)34-24)15-17-9-11-18(12-10-17)32-13-6-14-33-20-8-5-4-7-16(20)2/h4-5,7-12,15,25H,3,6,13-14H2,1-2H3/b19-15-,25-21?. The van der Waals surface area contributed by atoms with Gasteiger partial charge in [0.1, 0.15) is 11.5 Å². The van der Waals surface area contributed by atoms with Crippen LogP contribution in [0.1, 0.15) is 24.5 Å². The first-order valence-electron chi connectivity index (χ1n) is 10.9. The number of amidine groups is 2. The van der Waals surface area contributed by atoms with Gasteiger partial charge in [-0.2, -0.15) is 10.0 Å². The number of hydrogen-bond acceptors (Lipinski definition) is 8. The Morgan fingerprint density at radius 1 is 1.09 bits per heavy atom. The van der Waals surface area contributed by atoms with Crippen LogP contribution in [0.2, 0.25) is 0 Å². The first-order chi connectivity index (χ1) is 16.8. The smallest absolute Gasteiger partial charge is 0.283 e. The molecule has 2 aromatic carbocycles. The van der Waals surface area contributed by atoms with Crippen molar-refractivity contribution in [3.8, 4) is 11.5 Å². The summed E-state index contributed by atoms with van der Waals surface area (Å²) in [7, 11) is -3.56. The zero-order chi connectivity index (χ0) is 25.0. The zero-order valence-corrected chi connectivity index (χ0v) is 20.9. The van der Waals surface area contributed by atoms with Gasteiger partial charge < -0.3 is 9.47 Å². The van der Waals surface area contributed by atoms with Gasteiger partial charge in [-0.15, -0.1) is 5.10 Å². The summed E-state index contributed by atoms with van der Waals surface area (Å²) in [6.45, 7) is 4.54. The van der Waals surface area contributed by atoms with Gasteiger partial charge in [0, 0.05) is 6.42 Å². The van der Waals surface area contributed by atoms with Gasteiger partial charge >= 0.3 is 0 Å².